The number of nitrogens with zero attached hydrogens (tertiary/aromatic N) is 1. The molecule has 1 aromatic carbocycles. The van der Waals surface area contributed by atoms with E-state index in [2.05, 4.69) is 64.7 Å². The molecule has 2 nitrogen and oxygen atoms in total. The standard InChI is InChI=1S/C20H27NO/c1-19(2,3)15-11-14(12-16(13-15)20(4,5)6)18(22)17-9-7-8-10-21-17/h7-13,18,22H,1-6H3/t18-/m0/s1. The van der Waals surface area contributed by atoms with Crippen molar-refractivity contribution in [2.24, 2.45) is 0 Å². The molecular formula is C20H27NO. The molecule has 1 N–H and O–H groups in total. The van der Waals surface area contributed by atoms with E-state index in [0.29, 0.717) is 5.69 Å². The quantitative estimate of drug-likeness (QED) is 0.867. The van der Waals surface area contributed by atoms with Crippen molar-refractivity contribution in [3.63, 3.8) is 0 Å². The molecule has 0 amide bonds. The van der Waals surface area contributed by atoms with Gasteiger partial charge in [0, 0.05) is 6.20 Å². The number of aliphatic hydroxyl groups excluding tert-OH is 1. The average molecular weight is 297 g/mol. The maximum absolute atomic E-state index is 10.7. The first-order valence-electron chi connectivity index (χ1n) is 7.84. The van der Waals surface area contributed by atoms with Gasteiger partial charge in [-0.05, 0) is 39.7 Å². The number of rotatable bonds is 2. The maximum Gasteiger partial charge on any atom is 0.121 e. The minimum atomic E-state index is -0.690. The van der Waals surface area contributed by atoms with E-state index >= 15 is 0 Å². The van der Waals surface area contributed by atoms with Crippen molar-refractivity contribution in [2.75, 3.05) is 0 Å². The molecule has 22 heavy (non-hydrogen) atoms. The summed E-state index contributed by atoms with van der Waals surface area (Å²) in [5.74, 6) is 0. The molecular weight excluding hydrogens is 270 g/mol. The van der Waals surface area contributed by atoms with Crippen LogP contribution in [0.1, 0.15) is 70.0 Å². The molecule has 2 heteroatoms. The highest BCUT2D eigenvalue weighted by molar-refractivity contribution is 5.40. The fourth-order valence-electron chi connectivity index (χ4n) is 2.38. The van der Waals surface area contributed by atoms with Gasteiger partial charge in [0.25, 0.3) is 0 Å². The van der Waals surface area contributed by atoms with Crippen molar-refractivity contribution in [2.45, 2.75) is 58.5 Å². The van der Waals surface area contributed by atoms with Crippen molar-refractivity contribution in [3.8, 4) is 0 Å². The molecule has 2 aromatic rings. The Labute approximate surface area is 134 Å². The average Bonchev–Trinajstić information content (AvgIpc) is 2.45. The summed E-state index contributed by atoms with van der Waals surface area (Å²) in [5, 5.41) is 10.7. The smallest absolute Gasteiger partial charge is 0.121 e. The molecule has 0 saturated heterocycles. The Morgan fingerprint density at radius 3 is 1.82 bits per heavy atom. The second-order valence-electron chi connectivity index (χ2n) is 8.00. The third-order valence-corrected chi connectivity index (χ3v) is 3.97. The van der Waals surface area contributed by atoms with Gasteiger partial charge in [0.15, 0.2) is 0 Å². The second kappa shape index (κ2) is 5.85. The van der Waals surface area contributed by atoms with Gasteiger partial charge in [-0.1, -0.05) is 65.8 Å². The first-order valence-corrected chi connectivity index (χ1v) is 7.84. The molecule has 0 radical (unpaired) electrons. The van der Waals surface area contributed by atoms with Crippen molar-refractivity contribution in [3.05, 3.63) is 65.0 Å². The summed E-state index contributed by atoms with van der Waals surface area (Å²) in [4.78, 5) is 4.29. The number of aliphatic hydroxyl groups is 1. The SMILES string of the molecule is CC(C)(C)c1cc([C@H](O)c2ccccn2)cc(C(C)(C)C)c1. The summed E-state index contributed by atoms with van der Waals surface area (Å²) in [7, 11) is 0. The minimum Gasteiger partial charge on any atom is -0.382 e. The van der Waals surface area contributed by atoms with Crippen LogP contribution in [-0.4, -0.2) is 10.1 Å². The lowest BCUT2D eigenvalue weighted by atomic mass is 9.79. The van der Waals surface area contributed by atoms with Crippen LogP contribution in [0, 0.1) is 0 Å². The van der Waals surface area contributed by atoms with Gasteiger partial charge >= 0.3 is 0 Å². The van der Waals surface area contributed by atoms with Crippen LogP contribution >= 0.6 is 0 Å². The predicted molar refractivity (Wildman–Crippen MR) is 92.1 cm³/mol. The van der Waals surface area contributed by atoms with E-state index in [1.54, 1.807) is 6.20 Å². The number of aromatic nitrogens is 1. The van der Waals surface area contributed by atoms with Crippen molar-refractivity contribution in [1.82, 2.24) is 4.98 Å². The number of hydrogen-bond acceptors (Lipinski definition) is 2. The van der Waals surface area contributed by atoms with E-state index in [0.717, 1.165) is 5.56 Å². The third kappa shape index (κ3) is 3.75. The van der Waals surface area contributed by atoms with Gasteiger partial charge in [0.2, 0.25) is 0 Å². The van der Waals surface area contributed by atoms with Crippen LogP contribution < -0.4 is 0 Å². The fourth-order valence-corrected chi connectivity index (χ4v) is 2.38. The summed E-state index contributed by atoms with van der Waals surface area (Å²) in [6.07, 6.45) is 1.03. The van der Waals surface area contributed by atoms with E-state index in [-0.39, 0.29) is 10.8 Å². The lowest BCUT2D eigenvalue weighted by Crippen LogP contribution is -2.18. The van der Waals surface area contributed by atoms with E-state index in [1.165, 1.54) is 11.1 Å². The van der Waals surface area contributed by atoms with Crippen LogP contribution in [-0.2, 0) is 10.8 Å². The predicted octanol–water partition coefficient (Wildman–Crippen LogP) is 4.76. The summed E-state index contributed by atoms with van der Waals surface area (Å²) in [6.45, 7) is 13.2. The molecule has 0 aliphatic rings. The van der Waals surface area contributed by atoms with Gasteiger partial charge in [0.1, 0.15) is 6.10 Å². The Morgan fingerprint density at radius 1 is 0.864 bits per heavy atom. The molecule has 0 unspecified atom stereocenters. The van der Waals surface area contributed by atoms with E-state index < -0.39 is 6.10 Å². The summed E-state index contributed by atoms with van der Waals surface area (Å²) < 4.78 is 0. The van der Waals surface area contributed by atoms with Crippen LogP contribution in [0.25, 0.3) is 0 Å². The molecule has 0 fully saturated rings. The molecule has 2 rings (SSSR count). The summed E-state index contributed by atoms with van der Waals surface area (Å²) in [5.41, 5.74) is 4.17. The summed E-state index contributed by atoms with van der Waals surface area (Å²) >= 11 is 0. The van der Waals surface area contributed by atoms with Gasteiger partial charge in [-0.2, -0.15) is 0 Å². The second-order valence-corrected chi connectivity index (χ2v) is 8.00. The van der Waals surface area contributed by atoms with Gasteiger partial charge < -0.3 is 5.11 Å². The van der Waals surface area contributed by atoms with Crippen LogP contribution in [0.15, 0.2) is 42.6 Å². The number of pyridine rings is 1. The molecule has 118 valence electrons. The van der Waals surface area contributed by atoms with Crippen LogP contribution in [0.3, 0.4) is 0 Å². The van der Waals surface area contributed by atoms with Gasteiger partial charge in [-0.3, -0.25) is 4.98 Å². The van der Waals surface area contributed by atoms with E-state index in [4.69, 9.17) is 0 Å². The van der Waals surface area contributed by atoms with Gasteiger partial charge in [-0.25, -0.2) is 0 Å². The molecule has 0 aliphatic heterocycles. The van der Waals surface area contributed by atoms with E-state index in [9.17, 15) is 5.11 Å². The first kappa shape index (κ1) is 16.7. The Bertz CT molecular complexity index is 601. The molecule has 0 saturated carbocycles. The Kier molecular flexibility index (Phi) is 4.44. The zero-order chi connectivity index (χ0) is 16.5. The lowest BCUT2D eigenvalue weighted by Gasteiger charge is -2.27. The van der Waals surface area contributed by atoms with Crippen LogP contribution in [0.4, 0.5) is 0 Å². The fraction of sp³-hybridized carbons (Fsp3) is 0.450. The van der Waals surface area contributed by atoms with Crippen molar-refractivity contribution < 1.29 is 5.11 Å². The maximum atomic E-state index is 10.7. The summed E-state index contributed by atoms with van der Waals surface area (Å²) in [6, 6.07) is 12.1. The largest absolute Gasteiger partial charge is 0.382 e. The Hall–Kier alpha value is -1.67. The molecule has 0 aliphatic carbocycles. The zero-order valence-corrected chi connectivity index (χ0v) is 14.5. The molecule has 0 spiro atoms. The number of benzene rings is 1. The zero-order valence-electron chi connectivity index (χ0n) is 14.5. The van der Waals surface area contributed by atoms with E-state index in [1.807, 2.05) is 18.2 Å². The normalized spacial score (nSPS) is 14.0. The highest BCUT2D eigenvalue weighted by Crippen LogP contribution is 2.33. The van der Waals surface area contributed by atoms with Gasteiger partial charge in [0.05, 0.1) is 5.69 Å². The highest BCUT2D eigenvalue weighted by atomic mass is 16.3. The van der Waals surface area contributed by atoms with Crippen molar-refractivity contribution >= 4 is 0 Å². The lowest BCUT2D eigenvalue weighted by molar-refractivity contribution is 0.215. The highest BCUT2D eigenvalue weighted by Gasteiger charge is 2.23. The van der Waals surface area contributed by atoms with Crippen LogP contribution in [0.5, 0.6) is 0 Å². The number of hydrogen-bond donors (Lipinski definition) is 1. The topological polar surface area (TPSA) is 33.1 Å². The molecule has 1 heterocycles. The monoisotopic (exact) mass is 297 g/mol. The molecule has 1 atom stereocenters. The minimum absolute atomic E-state index is 0.0415. The Balaban J connectivity index is 2.56. The Morgan fingerprint density at radius 2 is 1.41 bits per heavy atom. The molecule has 0 bridgehead atoms. The van der Waals surface area contributed by atoms with Crippen LogP contribution in [0.2, 0.25) is 0 Å². The first-order chi connectivity index (χ1) is 10.1. The third-order valence-electron chi connectivity index (χ3n) is 3.97. The molecule has 1 aromatic heterocycles. The van der Waals surface area contributed by atoms with Crippen molar-refractivity contribution in [1.29, 1.82) is 0 Å². The van der Waals surface area contributed by atoms with Gasteiger partial charge in [-0.15, -0.1) is 0 Å².